The Morgan fingerprint density at radius 1 is 1.07 bits per heavy atom. The van der Waals surface area contributed by atoms with E-state index in [0.717, 1.165) is 31.4 Å². The lowest BCUT2D eigenvalue weighted by Gasteiger charge is -2.26. The number of anilines is 1. The Morgan fingerprint density at radius 3 is 2.48 bits per heavy atom. The number of halogens is 3. The number of nitrogens with zero attached hydrogens (tertiary/aromatic N) is 1. The quantitative estimate of drug-likeness (QED) is 0.820. The van der Waals surface area contributed by atoms with Crippen LogP contribution in [0.25, 0.3) is 0 Å². The topological polar surface area (TPSA) is 66.5 Å². The standard InChI is InChI=1S/C18H17ClF2N2O3S/c19-13-8-7-12(18(24)22-15-6-4-5-14(20)17(15)21)11-16(13)27(25,26)23-9-2-1-3-10-23/h4-8,11H,1-3,9-10H2,(H,22,24). The van der Waals surface area contributed by atoms with Gasteiger partial charge in [-0.1, -0.05) is 24.1 Å². The minimum Gasteiger partial charge on any atom is -0.319 e. The normalized spacial score (nSPS) is 15.5. The van der Waals surface area contributed by atoms with E-state index in [1.165, 1.54) is 28.6 Å². The van der Waals surface area contributed by atoms with Gasteiger partial charge < -0.3 is 5.32 Å². The molecule has 1 amide bonds. The van der Waals surface area contributed by atoms with Crippen molar-refractivity contribution in [1.82, 2.24) is 4.31 Å². The summed E-state index contributed by atoms with van der Waals surface area (Å²) in [6, 6.07) is 7.16. The number of nitrogens with one attached hydrogen (secondary N) is 1. The van der Waals surface area contributed by atoms with Gasteiger partial charge in [0.1, 0.15) is 4.90 Å². The molecule has 0 spiro atoms. The molecule has 1 saturated heterocycles. The number of rotatable bonds is 4. The zero-order valence-electron chi connectivity index (χ0n) is 14.2. The minimum absolute atomic E-state index is 0.00550. The average molecular weight is 415 g/mol. The second-order valence-electron chi connectivity index (χ2n) is 6.17. The Bertz CT molecular complexity index is 977. The maximum absolute atomic E-state index is 13.7. The van der Waals surface area contributed by atoms with Gasteiger partial charge in [0.2, 0.25) is 10.0 Å². The van der Waals surface area contributed by atoms with Crippen molar-refractivity contribution in [2.45, 2.75) is 24.2 Å². The van der Waals surface area contributed by atoms with Crippen LogP contribution in [0.4, 0.5) is 14.5 Å². The monoisotopic (exact) mass is 414 g/mol. The van der Waals surface area contributed by atoms with Crippen molar-refractivity contribution in [3.05, 3.63) is 58.6 Å². The van der Waals surface area contributed by atoms with Gasteiger partial charge in [0.15, 0.2) is 11.6 Å². The van der Waals surface area contributed by atoms with Crippen LogP contribution in [0.5, 0.6) is 0 Å². The predicted molar refractivity (Wildman–Crippen MR) is 98.4 cm³/mol. The first kappa shape index (κ1) is 19.7. The lowest BCUT2D eigenvalue weighted by Crippen LogP contribution is -2.35. The first-order valence-corrected chi connectivity index (χ1v) is 10.2. The third kappa shape index (κ3) is 4.12. The van der Waals surface area contributed by atoms with E-state index < -0.39 is 27.6 Å². The molecule has 3 rings (SSSR count). The van der Waals surface area contributed by atoms with E-state index in [9.17, 15) is 22.0 Å². The molecule has 2 aromatic rings. The van der Waals surface area contributed by atoms with Crippen LogP contribution in [0.2, 0.25) is 5.02 Å². The van der Waals surface area contributed by atoms with Crippen molar-refractivity contribution < 1.29 is 22.0 Å². The second-order valence-corrected chi connectivity index (χ2v) is 8.48. The predicted octanol–water partition coefficient (Wildman–Crippen LogP) is 4.05. The summed E-state index contributed by atoms with van der Waals surface area (Å²) in [6.07, 6.45) is 2.48. The number of benzene rings is 2. The molecule has 0 aromatic heterocycles. The summed E-state index contributed by atoms with van der Waals surface area (Å²) in [5.41, 5.74) is -0.367. The number of sulfonamides is 1. The van der Waals surface area contributed by atoms with Crippen LogP contribution in [-0.2, 0) is 10.0 Å². The molecule has 1 aliphatic heterocycles. The third-order valence-electron chi connectivity index (χ3n) is 4.33. The van der Waals surface area contributed by atoms with E-state index in [1.807, 2.05) is 0 Å². The molecule has 0 saturated carbocycles. The lowest BCUT2D eigenvalue weighted by molar-refractivity contribution is 0.102. The van der Waals surface area contributed by atoms with E-state index in [0.29, 0.717) is 13.1 Å². The van der Waals surface area contributed by atoms with Crippen LogP contribution < -0.4 is 5.32 Å². The van der Waals surface area contributed by atoms with Crippen LogP contribution in [0.1, 0.15) is 29.6 Å². The summed E-state index contributed by atoms with van der Waals surface area (Å²) >= 11 is 6.06. The summed E-state index contributed by atoms with van der Waals surface area (Å²) in [7, 11) is -3.85. The van der Waals surface area contributed by atoms with E-state index in [4.69, 9.17) is 11.6 Å². The molecular weight excluding hydrogens is 398 g/mol. The van der Waals surface area contributed by atoms with Crippen molar-refractivity contribution >= 4 is 33.2 Å². The van der Waals surface area contributed by atoms with E-state index in [1.54, 1.807) is 0 Å². The van der Waals surface area contributed by atoms with Crippen molar-refractivity contribution in [2.24, 2.45) is 0 Å². The van der Waals surface area contributed by atoms with Gasteiger partial charge in [0.25, 0.3) is 5.91 Å². The van der Waals surface area contributed by atoms with Crippen molar-refractivity contribution in [3.63, 3.8) is 0 Å². The molecular formula is C18H17ClF2N2O3S. The highest BCUT2D eigenvalue weighted by Gasteiger charge is 2.29. The molecule has 1 aliphatic rings. The molecule has 5 nitrogen and oxygen atoms in total. The first-order chi connectivity index (χ1) is 12.8. The maximum Gasteiger partial charge on any atom is 0.255 e. The van der Waals surface area contributed by atoms with Gasteiger partial charge >= 0.3 is 0 Å². The van der Waals surface area contributed by atoms with Gasteiger partial charge in [-0.3, -0.25) is 4.79 Å². The number of piperidine rings is 1. The molecule has 0 bridgehead atoms. The fourth-order valence-corrected chi connectivity index (χ4v) is 4.90. The Morgan fingerprint density at radius 2 is 1.78 bits per heavy atom. The van der Waals surface area contributed by atoms with Gasteiger partial charge in [0, 0.05) is 18.7 Å². The summed E-state index contributed by atoms with van der Waals surface area (Å²) in [5, 5.41) is 2.23. The lowest BCUT2D eigenvalue weighted by atomic mass is 10.2. The molecule has 1 N–H and O–H groups in total. The molecule has 0 atom stereocenters. The van der Waals surface area contributed by atoms with Gasteiger partial charge in [-0.25, -0.2) is 17.2 Å². The molecule has 2 aromatic carbocycles. The van der Waals surface area contributed by atoms with Crippen LogP contribution in [-0.4, -0.2) is 31.7 Å². The smallest absolute Gasteiger partial charge is 0.255 e. The Kier molecular flexibility index (Phi) is 5.78. The molecule has 0 aliphatic carbocycles. The average Bonchev–Trinajstić information content (AvgIpc) is 2.66. The Labute approximate surface area is 161 Å². The minimum atomic E-state index is -3.85. The Hall–Kier alpha value is -2.03. The van der Waals surface area contributed by atoms with Crippen LogP contribution in [0.3, 0.4) is 0 Å². The zero-order chi connectivity index (χ0) is 19.6. The van der Waals surface area contributed by atoms with Crippen molar-refractivity contribution in [1.29, 1.82) is 0 Å². The van der Waals surface area contributed by atoms with Crippen molar-refractivity contribution in [2.75, 3.05) is 18.4 Å². The van der Waals surface area contributed by atoms with E-state index in [-0.39, 0.29) is 21.2 Å². The Balaban J connectivity index is 1.90. The summed E-state index contributed by atoms with van der Waals surface area (Å²) < 4.78 is 54.0. The number of carbonyl (C=O) groups excluding carboxylic acids is 1. The highest BCUT2D eigenvalue weighted by atomic mass is 35.5. The van der Waals surface area contributed by atoms with Crippen LogP contribution >= 0.6 is 11.6 Å². The number of carbonyl (C=O) groups is 1. The van der Waals surface area contributed by atoms with Gasteiger partial charge in [-0.2, -0.15) is 4.31 Å². The number of hydrogen-bond acceptors (Lipinski definition) is 3. The maximum atomic E-state index is 13.7. The summed E-state index contributed by atoms with van der Waals surface area (Å²) in [6.45, 7) is 0.785. The van der Waals surface area contributed by atoms with E-state index >= 15 is 0 Å². The summed E-state index contributed by atoms with van der Waals surface area (Å²) in [4.78, 5) is 12.2. The molecule has 1 fully saturated rings. The molecule has 9 heteroatoms. The van der Waals surface area contributed by atoms with Crippen molar-refractivity contribution in [3.8, 4) is 0 Å². The molecule has 144 valence electrons. The van der Waals surface area contributed by atoms with Gasteiger partial charge in [0.05, 0.1) is 10.7 Å². The second kappa shape index (κ2) is 7.92. The highest BCUT2D eigenvalue weighted by Crippen LogP contribution is 2.28. The SMILES string of the molecule is O=C(Nc1cccc(F)c1F)c1ccc(Cl)c(S(=O)(=O)N2CCCCC2)c1. The van der Waals surface area contributed by atoms with Crippen LogP contribution in [0, 0.1) is 11.6 Å². The number of hydrogen-bond donors (Lipinski definition) is 1. The van der Waals surface area contributed by atoms with E-state index in [2.05, 4.69) is 5.32 Å². The fraction of sp³-hybridized carbons (Fsp3) is 0.278. The molecule has 27 heavy (non-hydrogen) atoms. The van der Waals surface area contributed by atoms with Gasteiger partial charge in [-0.05, 0) is 43.2 Å². The number of amides is 1. The first-order valence-electron chi connectivity index (χ1n) is 8.36. The highest BCUT2D eigenvalue weighted by molar-refractivity contribution is 7.89. The third-order valence-corrected chi connectivity index (χ3v) is 6.71. The molecule has 1 heterocycles. The summed E-state index contributed by atoms with van der Waals surface area (Å²) in [5.74, 6) is -3.07. The molecule has 0 radical (unpaired) electrons. The fourth-order valence-electron chi connectivity index (χ4n) is 2.88. The molecule has 0 unspecified atom stereocenters. The van der Waals surface area contributed by atoms with Crippen LogP contribution in [0.15, 0.2) is 41.3 Å². The zero-order valence-corrected chi connectivity index (χ0v) is 15.8. The largest absolute Gasteiger partial charge is 0.319 e. The van der Waals surface area contributed by atoms with Gasteiger partial charge in [-0.15, -0.1) is 0 Å².